The molecule has 1 heterocycles. The van der Waals surface area contributed by atoms with Gasteiger partial charge in [0, 0.05) is 44.0 Å². The van der Waals surface area contributed by atoms with Gasteiger partial charge in [-0.2, -0.15) is 0 Å². The third kappa shape index (κ3) is 5.04. The van der Waals surface area contributed by atoms with Crippen LogP contribution in [0.2, 0.25) is 5.02 Å². The molecule has 0 bridgehead atoms. The van der Waals surface area contributed by atoms with Gasteiger partial charge in [0.25, 0.3) is 0 Å². The summed E-state index contributed by atoms with van der Waals surface area (Å²) in [5.74, 6) is 1.76. The predicted octanol–water partition coefficient (Wildman–Crippen LogP) is 6.03. The number of halogens is 1. The van der Waals surface area contributed by atoms with E-state index in [0.717, 1.165) is 57.1 Å². The van der Waals surface area contributed by atoms with Crippen LogP contribution in [0.3, 0.4) is 0 Å². The van der Waals surface area contributed by atoms with Crippen molar-refractivity contribution in [1.82, 2.24) is 4.90 Å². The summed E-state index contributed by atoms with van der Waals surface area (Å²) >= 11 is 6.18. The highest BCUT2D eigenvalue weighted by Gasteiger charge is 2.24. The van der Waals surface area contributed by atoms with Gasteiger partial charge in [0.05, 0.1) is 18.7 Å². The van der Waals surface area contributed by atoms with Crippen LogP contribution in [0.5, 0.6) is 11.5 Å². The van der Waals surface area contributed by atoms with E-state index in [9.17, 15) is 0 Å². The number of hydrogen-bond donors (Lipinski definition) is 0. The Bertz CT molecular complexity index is 847. The molecule has 0 saturated carbocycles. The molecule has 3 rings (SSSR count). The minimum absolute atomic E-state index is 0.385. The van der Waals surface area contributed by atoms with Crippen LogP contribution in [0.15, 0.2) is 30.3 Å². The van der Waals surface area contributed by atoms with Gasteiger partial charge in [-0.1, -0.05) is 31.0 Å². The van der Waals surface area contributed by atoms with Gasteiger partial charge in [0.1, 0.15) is 11.5 Å². The van der Waals surface area contributed by atoms with Gasteiger partial charge in [-0.15, -0.1) is 0 Å². The first-order valence-electron chi connectivity index (χ1n) is 11.0. The minimum atomic E-state index is 0.385. The van der Waals surface area contributed by atoms with Gasteiger partial charge >= 0.3 is 0 Å². The van der Waals surface area contributed by atoms with Gasteiger partial charge in [-0.05, 0) is 62.1 Å². The van der Waals surface area contributed by atoms with Crippen LogP contribution >= 0.6 is 11.6 Å². The Morgan fingerprint density at radius 3 is 2.40 bits per heavy atom. The topological polar surface area (TPSA) is 24.9 Å². The number of methoxy groups -OCH3 is 1. The molecular weight excluding hydrogens is 396 g/mol. The molecule has 1 fully saturated rings. The standard InChI is InChI=1S/C25H35ClN2O2/c1-6-7-16-30-24-11-9-22(18(2)19(24)3)20(4)27-12-14-28(15-13-27)21-8-10-23(26)25(17-21)29-5/h8-11,17,20H,6-7,12-16H2,1-5H3. The van der Waals surface area contributed by atoms with Gasteiger partial charge < -0.3 is 14.4 Å². The lowest BCUT2D eigenvalue weighted by atomic mass is 9.96. The van der Waals surface area contributed by atoms with Crippen molar-refractivity contribution in [2.75, 3.05) is 44.8 Å². The first-order chi connectivity index (χ1) is 14.5. The summed E-state index contributed by atoms with van der Waals surface area (Å²) in [6.07, 6.45) is 2.25. The van der Waals surface area contributed by atoms with Crippen LogP contribution in [-0.2, 0) is 0 Å². The van der Waals surface area contributed by atoms with Crippen molar-refractivity contribution in [3.63, 3.8) is 0 Å². The van der Waals surface area contributed by atoms with E-state index >= 15 is 0 Å². The zero-order valence-electron chi connectivity index (χ0n) is 19.0. The van der Waals surface area contributed by atoms with Crippen molar-refractivity contribution in [3.8, 4) is 11.5 Å². The summed E-state index contributed by atoms with van der Waals surface area (Å²) in [5, 5.41) is 0.654. The summed E-state index contributed by atoms with van der Waals surface area (Å²) in [5.41, 5.74) is 5.19. The molecule has 1 unspecified atom stereocenters. The van der Waals surface area contributed by atoms with Crippen LogP contribution in [-0.4, -0.2) is 44.8 Å². The predicted molar refractivity (Wildman–Crippen MR) is 127 cm³/mol. The Balaban J connectivity index is 1.65. The third-order valence-electron chi connectivity index (χ3n) is 6.35. The van der Waals surface area contributed by atoms with Crippen LogP contribution < -0.4 is 14.4 Å². The van der Waals surface area contributed by atoms with Crippen LogP contribution in [0.25, 0.3) is 0 Å². The van der Waals surface area contributed by atoms with Crippen molar-refractivity contribution in [2.24, 2.45) is 0 Å². The third-order valence-corrected chi connectivity index (χ3v) is 6.66. The first-order valence-corrected chi connectivity index (χ1v) is 11.4. The van der Waals surface area contributed by atoms with E-state index in [1.165, 1.54) is 22.4 Å². The molecule has 0 aromatic heterocycles. The Labute approximate surface area is 186 Å². The summed E-state index contributed by atoms with van der Waals surface area (Å²) in [6.45, 7) is 13.7. The van der Waals surface area contributed by atoms with E-state index in [2.05, 4.69) is 55.7 Å². The number of nitrogens with zero attached hydrogens (tertiary/aromatic N) is 2. The first kappa shape index (κ1) is 22.8. The zero-order chi connectivity index (χ0) is 21.7. The number of unbranched alkanes of at least 4 members (excludes halogenated alkanes) is 1. The number of anilines is 1. The van der Waals surface area contributed by atoms with Crippen molar-refractivity contribution in [1.29, 1.82) is 0 Å². The SMILES string of the molecule is CCCCOc1ccc(C(C)N2CCN(c3ccc(Cl)c(OC)c3)CC2)c(C)c1C. The Hall–Kier alpha value is -1.91. The van der Waals surface area contributed by atoms with Gasteiger partial charge in [0.2, 0.25) is 0 Å². The van der Waals surface area contributed by atoms with Crippen LogP contribution in [0.1, 0.15) is 49.4 Å². The molecule has 0 N–H and O–H groups in total. The molecule has 0 aliphatic carbocycles. The second-order valence-electron chi connectivity index (χ2n) is 8.12. The average Bonchev–Trinajstić information content (AvgIpc) is 2.77. The Kier molecular flexibility index (Phi) is 7.90. The molecule has 30 heavy (non-hydrogen) atoms. The highest BCUT2D eigenvalue weighted by Crippen LogP contribution is 2.33. The van der Waals surface area contributed by atoms with E-state index in [-0.39, 0.29) is 0 Å². The maximum Gasteiger partial charge on any atom is 0.139 e. The van der Waals surface area contributed by atoms with E-state index < -0.39 is 0 Å². The van der Waals surface area contributed by atoms with Crippen LogP contribution in [0.4, 0.5) is 5.69 Å². The largest absolute Gasteiger partial charge is 0.495 e. The van der Waals surface area contributed by atoms with Gasteiger partial charge in [0.15, 0.2) is 0 Å². The fourth-order valence-electron chi connectivity index (χ4n) is 4.16. The van der Waals surface area contributed by atoms with Gasteiger partial charge in [-0.25, -0.2) is 0 Å². The molecule has 5 heteroatoms. The number of benzene rings is 2. The molecule has 0 radical (unpaired) electrons. The molecule has 1 aliphatic rings. The number of rotatable bonds is 8. The second kappa shape index (κ2) is 10.4. The summed E-state index contributed by atoms with van der Waals surface area (Å²) < 4.78 is 11.4. The van der Waals surface area contributed by atoms with Gasteiger partial charge in [-0.3, -0.25) is 4.90 Å². The van der Waals surface area contributed by atoms with Crippen molar-refractivity contribution in [2.45, 2.75) is 46.6 Å². The maximum atomic E-state index is 6.18. The molecule has 2 aromatic rings. The lowest BCUT2D eigenvalue weighted by Crippen LogP contribution is -2.47. The van der Waals surface area contributed by atoms with Crippen molar-refractivity contribution >= 4 is 17.3 Å². The Morgan fingerprint density at radius 1 is 1.00 bits per heavy atom. The maximum absolute atomic E-state index is 6.18. The second-order valence-corrected chi connectivity index (χ2v) is 8.53. The molecule has 2 aromatic carbocycles. The summed E-state index contributed by atoms with van der Waals surface area (Å²) in [7, 11) is 1.66. The van der Waals surface area contributed by atoms with Crippen molar-refractivity contribution < 1.29 is 9.47 Å². The van der Waals surface area contributed by atoms with E-state index in [1.807, 2.05) is 12.1 Å². The quantitative estimate of drug-likeness (QED) is 0.477. The minimum Gasteiger partial charge on any atom is -0.495 e. The fraction of sp³-hybridized carbons (Fsp3) is 0.520. The highest BCUT2D eigenvalue weighted by atomic mass is 35.5. The monoisotopic (exact) mass is 430 g/mol. The molecule has 0 amide bonds. The van der Waals surface area contributed by atoms with Crippen molar-refractivity contribution in [3.05, 3.63) is 52.0 Å². The lowest BCUT2D eigenvalue weighted by Gasteiger charge is -2.40. The van der Waals surface area contributed by atoms with Crippen LogP contribution in [0, 0.1) is 13.8 Å². The number of piperazine rings is 1. The van der Waals surface area contributed by atoms with E-state index in [0.29, 0.717) is 11.1 Å². The van der Waals surface area contributed by atoms with E-state index in [1.54, 1.807) is 7.11 Å². The Morgan fingerprint density at radius 2 is 1.73 bits per heavy atom. The molecule has 164 valence electrons. The molecule has 1 atom stereocenters. The lowest BCUT2D eigenvalue weighted by molar-refractivity contribution is 0.198. The molecular formula is C25H35ClN2O2. The highest BCUT2D eigenvalue weighted by molar-refractivity contribution is 6.32. The zero-order valence-corrected chi connectivity index (χ0v) is 19.8. The molecule has 0 spiro atoms. The smallest absolute Gasteiger partial charge is 0.139 e. The molecule has 1 aliphatic heterocycles. The summed E-state index contributed by atoms with van der Waals surface area (Å²) in [4.78, 5) is 4.98. The summed E-state index contributed by atoms with van der Waals surface area (Å²) in [6, 6.07) is 10.8. The number of hydrogen-bond acceptors (Lipinski definition) is 4. The molecule has 1 saturated heterocycles. The molecule has 4 nitrogen and oxygen atoms in total. The van der Waals surface area contributed by atoms with E-state index in [4.69, 9.17) is 21.1 Å². The normalized spacial score (nSPS) is 15.9. The average molecular weight is 431 g/mol. The number of ether oxygens (including phenoxy) is 2. The fourth-order valence-corrected chi connectivity index (χ4v) is 4.36.